The molecule has 3 aromatic rings. The molecule has 1 aromatic carbocycles. The number of tetrazole rings is 1. The first-order chi connectivity index (χ1) is 15.2. The summed E-state index contributed by atoms with van der Waals surface area (Å²) >= 11 is 6.37. The van der Waals surface area contributed by atoms with Gasteiger partial charge >= 0.3 is 0 Å². The lowest BCUT2D eigenvalue weighted by atomic mass is 9.92. The van der Waals surface area contributed by atoms with Crippen molar-refractivity contribution in [1.29, 1.82) is 0 Å². The molecular formula is C23H32ClN5O3. The van der Waals surface area contributed by atoms with Gasteiger partial charge in [-0.15, -0.1) is 5.10 Å². The molecule has 2 N–H and O–H groups in total. The largest absolute Gasteiger partial charge is 0.465 e. The minimum Gasteiger partial charge on any atom is -0.465 e. The monoisotopic (exact) mass is 461 g/mol. The maximum Gasteiger partial charge on any atom is 0.178 e. The lowest BCUT2D eigenvalue weighted by Gasteiger charge is -2.24. The fraction of sp³-hybridized carbons (Fsp3) is 0.522. The van der Waals surface area contributed by atoms with Gasteiger partial charge in [0.2, 0.25) is 0 Å². The lowest BCUT2D eigenvalue weighted by molar-refractivity contribution is 0.144. The highest BCUT2D eigenvalue weighted by Gasteiger charge is 2.31. The van der Waals surface area contributed by atoms with Crippen LogP contribution in [0.25, 0.3) is 5.69 Å². The second kappa shape index (κ2) is 10.1. The van der Waals surface area contributed by atoms with Crippen molar-refractivity contribution in [2.75, 3.05) is 20.3 Å². The number of nitrogens with one attached hydrogen (secondary N) is 1. The quantitative estimate of drug-likeness (QED) is 0.498. The van der Waals surface area contributed by atoms with Crippen molar-refractivity contribution in [2.24, 2.45) is 0 Å². The number of nitrogens with zero attached hydrogens (tertiary/aromatic N) is 4. The number of ether oxygens (including phenoxy) is 1. The van der Waals surface area contributed by atoms with Gasteiger partial charge in [-0.3, -0.25) is 5.32 Å². The second-order valence-corrected chi connectivity index (χ2v) is 9.38. The lowest BCUT2D eigenvalue weighted by Crippen LogP contribution is -2.38. The van der Waals surface area contributed by atoms with Crippen LogP contribution in [0.5, 0.6) is 0 Å². The van der Waals surface area contributed by atoms with Crippen molar-refractivity contribution in [2.45, 2.75) is 58.5 Å². The number of halogens is 1. The molecule has 3 rings (SSSR count). The molecule has 0 fully saturated rings. The van der Waals surface area contributed by atoms with Crippen LogP contribution >= 0.6 is 11.6 Å². The molecule has 9 heteroatoms. The summed E-state index contributed by atoms with van der Waals surface area (Å²) < 4.78 is 13.2. The first kappa shape index (κ1) is 24.4. The van der Waals surface area contributed by atoms with E-state index in [0.717, 1.165) is 28.3 Å². The van der Waals surface area contributed by atoms with Gasteiger partial charge in [0.1, 0.15) is 11.5 Å². The zero-order valence-electron chi connectivity index (χ0n) is 19.5. The first-order valence-electron chi connectivity index (χ1n) is 10.7. The summed E-state index contributed by atoms with van der Waals surface area (Å²) in [5, 5.41) is 26.4. The molecule has 32 heavy (non-hydrogen) atoms. The van der Waals surface area contributed by atoms with E-state index in [9.17, 15) is 5.11 Å². The van der Waals surface area contributed by atoms with Gasteiger partial charge in [-0.1, -0.05) is 38.4 Å². The Kier molecular flexibility index (Phi) is 7.71. The van der Waals surface area contributed by atoms with Gasteiger partial charge in [-0.25, -0.2) is 0 Å². The summed E-state index contributed by atoms with van der Waals surface area (Å²) in [6.07, 6.45) is 0.519. The van der Waals surface area contributed by atoms with Gasteiger partial charge in [-0.2, -0.15) is 4.68 Å². The number of hydrogen-bond donors (Lipinski definition) is 2. The molecule has 0 aliphatic carbocycles. The third kappa shape index (κ3) is 5.20. The van der Waals surface area contributed by atoms with Gasteiger partial charge in [0.15, 0.2) is 5.82 Å². The van der Waals surface area contributed by atoms with E-state index in [1.807, 2.05) is 32.0 Å². The minimum atomic E-state index is -0.394. The Hall–Kier alpha value is -2.26. The highest BCUT2D eigenvalue weighted by Crippen LogP contribution is 2.33. The van der Waals surface area contributed by atoms with E-state index in [-0.39, 0.29) is 18.1 Å². The molecule has 0 spiro atoms. The number of aliphatic hydroxyl groups excluding tert-OH is 1. The molecule has 174 valence electrons. The Bertz CT molecular complexity index is 1030. The fourth-order valence-corrected chi connectivity index (χ4v) is 3.80. The smallest absolute Gasteiger partial charge is 0.178 e. The van der Waals surface area contributed by atoms with Crippen LogP contribution in [0.15, 0.2) is 28.7 Å². The van der Waals surface area contributed by atoms with Crippen LogP contribution in [0.2, 0.25) is 5.02 Å². The van der Waals surface area contributed by atoms with Crippen LogP contribution in [-0.2, 0) is 10.2 Å². The van der Waals surface area contributed by atoms with Gasteiger partial charge in [-0.05, 0) is 54.5 Å². The third-order valence-corrected chi connectivity index (χ3v) is 5.88. The van der Waals surface area contributed by atoms with Crippen LogP contribution in [0.1, 0.15) is 61.7 Å². The molecular weight excluding hydrogens is 430 g/mol. The van der Waals surface area contributed by atoms with Gasteiger partial charge in [0.25, 0.3) is 0 Å². The molecule has 0 aliphatic rings. The predicted octanol–water partition coefficient (Wildman–Crippen LogP) is 3.90. The summed E-state index contributed by atoms with van der Waals surface area (Å²) in [5.74, 6) is 2.25. The van der Waals surface area contributed by atoms with Gasteiger partial charge in [0.05, 0.1) is 18.3 Å². The summed E-state index contributed by atoms with van der Waals surface area (Å²) in [6.45, 7) is 10.7. The number of rotatable bonds is 9. The van der Waals surface area contributed by atoms with E-state index in [1.54, 1.807) is 11.8 Å². The van der Waals surface area contributed by atoms with E-state index in [0.29, 0.717) is 23.9 Å². The third-order valence-electron chi connectivity index (χ3n) is 5.47. The molecule has 0 aliphatic heterocycles. The summed E-state index contributed by atoms with van der Waals surface area (Å²) in [4.78, 5) is 0. The van der Waals surface area contributed by atoms with E-state index >= 15 is 0 Å². The van der Waals surface area contributed by atoms with Crippen molar-refractivity contribution in [3.8, 4) is 5.69 Å². The molecule has 0 saturated heterocycles. The van der Waals surface area contributed by atoms with Crippen LogP contribution in [0, 0.1) is 13.8 Å². The molecule has 2 atom stereocenters. The van der Waals surface area contributed by atoms with Crippen LogP contribution in [-0.4, -0.2) is 51.7 Å². The normalized spacial score (nSPS) is 14.0. The van der Waals surface area contributed by atoms with E-state index in [1.165, 1.54) is 0 Å². The van der Waals surface area contributed by atoms with Crippen LogP contribution in [0.3, 0.4) is 0 Å². The Balaban J connectivity index is 2.14. The van der Waals surface area contributed by atoms with Crippen molar-refractivity contribution < 1.29 is 14.3 Å². The molecule has 8 nitrogen and oxygen atoms in total. The van der Waals surface area contributed by atoms with Gasteiger partial charge < -0.3 is 14.3 Å². The Morgan fingerprint density at radius 1 is 1.28 bits per heavy atom. The molecule has 2 heterocycles. The number of furan rings is 1. The molecule has 0 saturated carbocycles. The molecule has 2 unspecified atom stereocenters. The van der Waals surface area contributed by atoms with Crippen LogP contribution in [0.4, 0.5) is 0 Å². The molecule has 0 radical (unpaired) electrons. The molecule has 0 amide bonds. The average molecular weight is 462 g/mol. The fourth-order valence-electron chi connectivity index (χ4n) is 3.63. The van der Waals surface area contributed by atoms with Gasteiger partial charge in [0, 0.05) is 35.8 Å². The maximum absolute atomic E-state index is 9.57. The Labute approximate surface area is 193 Å². The number of hydrogen-bond acceptors (Lipinski definition) is 7. The number of aromatic nitrogens is 4. The van der Waals surface area contributed by atoms with Crippen molar-refractivity contribution in [3.63, 3.8) is 0 Å². The highest BCUT2D eigenvalue weighted by atomic mass is 35.5. The standard InChI is InChI=1S/C23H32ClN5O3/c1-14-18(24)8-7-9-19(14)29-22(26-27-28-29)21(25-16(10-11-30)13-31-6)17-12-20(23(3,4)5)32-15(17)2/h7-9,12,16,21,25,30H,10-11,13H2,1-6H3. The van der Waals surface area contributed by atoms with Crippen molar-refractivity contribution in [1.82, 2.24) is 25.5 Å². The van der Waals surface area contributed by atoms with E-state index < -0.39 is 6.04 Å². The number of methoxy groups -OCH3 is 1. The molecule has 0 bridgehead atoms. The Morgan fingerprint density at radius 3 is 2.66 bits per heavy atom. The SMILES string of the molecule is COCC(CCO)NC(c1cc(C(C)(C)C)oc1C)c1nnnn1-c1cccc(Cl)c1C. The highest BCUT2D eigenvalue weighted by molar-refractivity contribution is 6.31. The average Bonchev–Trinajstić information content (AvgIpc) is 3.35. The number of aryl methyl sites for hydroxylation is 1. The zero-order chi connectivity index (χ0) is 23.5. The Morgan fingerprint density at radius 2 is 2.03 bits per heavy atom. The summed E-state index contributed by atoms with van der Waals surface area (Å²) in [5.41, 5.74) is 2.46. The number of benzene rings is 1. The zero-order valence-corrected chi connectivity index (χ0v) is 20.3. The van der Waals surface area contributed by atoms with E-state index in [2.05, 4.69) is 47.7 Å². The second-order valence-electron chi connectivity index (χ2n) is 8.97. The number of aliphatic hydroxyl groups is 1. The minimum absolute atomic E-state index is 0.0314. The maximum atomic E-state index is 9.57. The van der Waals surface area contributed by atoms with Crippen molar-refractivity contribution in [3.05, 3.63) is 57.8 Å². The topological polar surface area (TPSA) is 98.2 Å². The van der Waals surface area contributed by atoms with Crippen molar-refractivity contribution >= 4 is 11.6 Å². The first-order valence-corrected chi connectivity index (χ1v) is 11.1. The predicted molar refractivity (Wildman–Crippen MR) is 123 cm³/mol. The summed E-state index contributed by atoms with van der Waals surface area (Å²) in [7, 11) is 1.64. The molecule has 2 aromatic heterocycles. The van der Waals surface area contributed by atoms with E-state index in [4.69, 9.17) is 20.8 Å². The van der Waals surface area contributed by atoms with Crippen LogP contribution < -0.4 is 5.32 Å². The summed E-state index contributed by atoms with van der Waals surface area (Å²) in [6, 6.07) is 7.19.